The van der Waals surface area contributed by atoms with Gasteiger partial charge in [0.2, 0.25) is 0 Å². The number of aromatic nitrogens is 2. The number of hydrogen-bond acceptors (Lipinski definition) is 7. The molecule has 2 aromatic rings. The lowest BCUT2D eigenvalue weighted by Gasteiger charge is -2.30. The molecule has 0 aliphatic carbocycles. The Morgan fingerprint density at radius 2 is 2.00 bits per heavy atom. The van der Waals surface area contributed by atoms with Gasteiger partial charge in [0.1, 0.15) is 29.8 Å². The number of ether oxygens (including phenoxy) is 1. The molecule has 4 rings (SSSR count). The molecule has 0 radical (unpaired) electrons. The van der Waals surface area contributed by atoms with Gasteiger partial charge in [0.15, 0.2) is 9.84 Å². The smallest absolute Gasteiger partial charge is 0.153 e. The summed E-state index contributed by atoms with van der Waals surface area (Å²) < 4.78 is 30.7. The number of nitrogens with one attached hydrogen (secondary N) is 1. The first kappa shape index (κ1) is 17.5. The number of anilines is 3. The van der Waals surface area contributed by atoms with Crippen LogP contribution in [0, 0.1) is 6.92 Å². The van der Waals surface area contributed by atoms with Crippen molar-refractivity contribution >= 4 is 43.1 Å². The summed E-state index contributed by atoms with van der Waals surface area (Å²) >= 11 is 3.52. The summed E-state index contributed by atoms with van der Waals surface area (Å²) in [4.78, 5) is 10.9. The van der Waals surface area contributed by atoms with Crippen LogP contribution in [0.4, 0.5) is 17.3 Å². The van der Waals surface area contributed by atoms with Crippen molar-refractivity contribution in [2.45, 2.75) is 20.0 Å². The Labute approximate surface area is 160 Å². The Balaban J connectivity index is 1.76. The van der Waals surface area contributed by atoms with Gasteiger partial charge in [-0.3, -0.25) is 0 Å². The van der Waals surface area contributed by atoms with Crippen molar-refractivity contribution in [3.63, 3.8) is 0 Å². The van der Waals surface area contributed by atoms with E-state index in [1.54, 1.807) is 0 Å². The fraction of sp³-hybridized carbons (Fsp3) is 0.412. The van der Waals surface area contributed by atoms with Gasteiger partial charge in [0.25, 0.3) is 0 Å². The predicted molar refractivity (Wildman–Crippen MR) is 104 cm³/mol. The maximum absolute atomic E-state index is 11.8. The standard InChI is InChI=1S/C17H19BrN4O3S/c1-10-7-12(18)8-13-15(10)25-11(2)14-16(21-13)19-9-20-17(14)22-3-5-26(23,24)6-4-22/h7-9,11H,3-6H2,1-2H3,(H,19,20,21)/t11-/m1/s1. The first-order valence-corrected chi connectivity index (χ1v) is 11.0. The van der Waals surface area contributed by atoms with Crippen molar-refractivity contribution in [2.75, 3.05) is 34.8 Å². The third-order valence-corrected chi connectivity index (χ3v) is 6.77. The molecule has 7 nitrogen and oxygen atoms in total. The summed E-state index contributed by atoms with van der Waals surface area (Å²) in [7, 11) is -2.96. The first-order chi connectivity index (χ1) is 12.3. The first-order valence-electron chi connectivity index (χ1n) is 8.38. The number of aryl methyl sites for hydroxylation is 1. The summed E-state index contributed by atoms with van der Waals surface area (Å²) in [5.41, 5.74) is 2.70. The number of rotatable bonds is 1. The van der Waals surface area contributed by atoms with E-state index in [2.05, 4.69) is 31.2 Å². The molecule has 0 unspecified atom stereocenters. The van der Waals surface area contributed by atoms with E-state index in [1.165, 1.54) is 6.33 Å². The number of benzene rings is 1. The minimum Gasteiger partial charge on any atom is -0.483 e. The maximum atomic E-state index is 11.8. The highest BCUT2D eigenvalue weighted by atomic mass is 79.9. The van der Waals surface area contributed by atoms with E-state index in [0.29, 0.717) is 18.9 Å². The summed E-state index contributed by atoms with van der Waals surface area (Å²) in [6, 6.07) is 3.96. The zero-order chi connectivity index (χ0) is 18.5. The molecule has 0 spiro atoms. The van der Waals surface area contributed by atoms with Crippen LogP contribution in [-0.4, -0.2) is 43.0 Å². The molecule has 26 heavy (non-hydrogen) atoms. The van der Waals surface area contributed by atoms with Crippen molar-refractivity contribution in [2.24, 2.45) is 0 Å². The summed E-state index contributed by atoms with van der Waals surface area (Å²) in [6.07, 6.45) is 1.24. The lowest BCUT2D eigenvalue weighted by molar-refractivity contribution is 0.229. The van der Waals surface area contributed by atoms with Gasteiger partial charge in [0.05, 0.1) is 22.8 Å². The average Bonchev–Trinajstić information content (AvgIpc) is 2.71. The monoisotopic (exact) mass is 438 g/mol. The van der Waals surface area contributed by atoms with Crippen molar-refractivity contribution < 1.29 is 13.2 Å². The van der Waals surface area contributed by atoms with Gasteiger partial charge < -0.3 is 15.0 Å². The van der Waals surface area contributed by atoms with E-state index in [4.69, 9.17) is 4.74 Å². The molecule has 1 aromatic carbocycles. The lowest BCUT2D eigenvalue weighted by Crippen LogP contribution is -2.41. The molecule has 1 aromatic heterocycles. The van der Waals surface area contributed by atoms with Crippen LogP contribution in [-0.2, 0) is 9.84 Å². The molecule has 138 valence electrons. The third-order valence-electron chi connectivity index (χ3n) is 4.70. The molecule has 1 atom stereocenters. The van der Waals surface area contributed by atoms with Crippen LogP contribution >= 0.6 is 15.9 Å². The van der Waals surface area contributed by atoms with Crippen LogP contribution in [0.15, 0.2) is 22.9 Å². The number of sulfone groups is 1. The van der Waals surface area contributed by atoms with Crippen molar-refractivity contribution in [1.82, 2.24) is 9.97 Å². The van der Waals surface area contributed by atoms with E-state index in [1.807, 2.05) is 30.9 Å². The second-order valence-electron chi connectivity index (χ2n) is 6.58. The van der Waals surface area contributed by atoms with Gasteiger partial charge >= 0.3 is 0 Å². The highest BCUT2D eigenvalue weighted by molar-refractivity contribution is 9.10. The summed E-state index contributed by atoms with van der Waals surface area (Å²) in [5.74, 6) is 2.48. The van der Waals surface area contributed by atoms with Crippen LogP contribution in [0.1, 0.15) is 24.2 Å². The van der Waals surface area contributed by atoms with E-state index in [-0.39, 0.29) is 17.6 Å². The molecule has 0 bridgehead atoms. The zero-order valence-electron chi connectivity index (χ0n) is 14.5. The fourth-order valence-corrected chi connectivity index (χ4v) is 5.15. The van der Waals surface area contributed by atoms with E-state index in [9.17, 15) is 8.42 Å². The van der Waals surface area contributed by atoms with Gasteiger partial charge in [-0.2, -0.15) is 0 Å². The van der Waals surface area contributed by atoms with Crippen LogP contribution in [0.2, 0.25) is 0 Å². The minimum atomic E-state index is -2.96. The molecule has 2 aliphatic heterocycles. The molecule has 3 heterocycles. The number of fused-ring (bicyclic) bond motifs is 2. The molecular formula is C17H19BrN4O3S. The SMILES string of the molecule is Cc1cc(Br)cc2c1O[C@H](C)c1c(ncnc1N1CCS(=O)(=O)CC1)N2. The summed E-state index contributed by atoms with van der Waals surface area (Å²) in [5, 5.41) is 3.36. The Morgan fingerprint density at radius 1 is 1.27 bits per heavy atom. The molecular weight excluding hydrogens is 420 g/mol. The Morgan fingerprint density at radius 3 is 2.73 bits per heavy atom. The van der Waals surface area contributed by atoms with Gasteiger partial charge in [-0.25, -0.2) is 18.4 Å². The number of hydrogen-bond donors (Lipinski definition) is 1. The minimum absolute atomic E-state index is 0.140. The molecule has 1 fully saturated rings. The Kier molecular flexibility index (Phi) is 4.31. The maximum Gasteiger partial charge on any atom is 0.153 e. The molecule has 0 saturated carbocycles. The topological polar surface area (TPSA) is 84.4 Å². The van der Waals surface area contributed by atoms with Crippen LogP contribution in [0.25, 0.3) is 0 Å². The average molecular weight is 439 g/mol. The van der Waals surface area contributed by atoms with Crippen molar-refractivity contribution in [3.05, 3.63) is 34.1 Å². The normalized spacial score (nSPS) is 21.0. The predicted octanol–water partition coefficient (Wildman–Crippen LogP) is 2.98. The Hall–Kier alpha value is -1.87. The zero-order valence-corrected chi connectivity index (χ0v) is 16.9. The molecule has 1 N–H and O–H groups in total. The van der Waals surface area contributed by atoms with E-state index in [0.717, 1.165) is 32.9 Å². The third kappa shape index (κ3) is 3.14. The van der Waals surface area contributed by atoms with Crippen molar-refractivity contribution in [1.29, 1.82) is 0 Å². The lowest BCUT2D eigenvalue weighted by atomic mass is 10.1. The fourth-order valence-electron chi connectivity index (χ4n) is 3.38. The molecule has 1 saturated heterocycles. The quantitative estimate of drug-likeness (QED) is 0.732. The van der Waals surface area contributed by atoms with Crippen molar-refractivity contribution in [3.8, 4) is 5.75 Å². The largest absolute Gasteiger partial charge is 0.483 e. The van der Waals surface area contributed by atoms with Crippen LogP contribution < -0.4 is 15.0 Å². The molecule has 2 aliphatic rings. The van der Waals surface area contributed by atoms with Gasteiger partial charge in [-0.05, 0) is 31.5 Å². The van der Waals surface area contributed by atoms with Crippen LogP contribution in [0.3, 0.4) is 0 Å². The van der Waals surface area contributed by atoms with Crippen LogP contribution in [0.5, 0.6) is 5.75 Å². The highest BCUT2D eigenvalue weighted by Gasteiger charge is 2.30. The van der Waals surface area contributed by atoms with E-state index < -0.39 is 9.84 Å². The van der Waals surface area contributed by atoms with Gasteiger partial charge in [-0.15, -0.1) is 0 Å². The second kappa shape index (κ2) is 6.38. The number of halogens is 1. The molecule has 9 heteroatoms. The number of nitrogens with zero attached hydrogens (tertiary/aromatic N) is 3. The summed E-state index contributed by atoms with van der Waals surface area (Å²) in [6.45, 7) is 4.81. The second-order valence-corrected chi connectivity index (χ2v) is 9.80. The van der Waals surface area contributed by atoms with E-state index >= 15 is 0 Å². The highest BCUT2D eigenvalue weighted by Crippen LogP contribution is 2.43. The van der Waals surface area contributed by atoms with Gasteiger partial charge in [-0.1, -0.05) is 15.9 Å². The Bertz CT molecular complexity index is 966. The van der Waals surface area contributed by atoms with Gasteiger partial charge in [0, 0.05) is 17.6 Å². The molecule has 0 amide bonds.